The lowest BCUT2D eigenvalue weighted by molar-refractivity contribution is 0.204. The van der Waals surface area contributed by atoms with Gasteiger partial charge in [-0.05, 0) is 24.6 Å². The van der Waals surface area contributed by atoms with Crippen molar-refractivity contribution in [3.8, 4) is 0 Å². The average molecular weight is 468 g/mol. The molecule has 24 heavy (non-hydrogen) atoms. The van der Waals surface area contributed by atoms with Crippen LogP contribution in [0.25, 0.3) is 0 Å². The standard InChI is InChI=1S/C15H24N4O3S.HI/c1-12(2)10-17-15(16)18-11-13-4-6-14(7-5-13)23(20,21)19-8-9-22-3;/h4-7,19H,1,8-11H2,2-3H3,(H3,16,17,18);1H. The molecule has 0 heterocycles. The maximum atomic E-state index is 12.0. The minimum Gasteiger partial charge on any atom is -0.383 e. The maximum absolute atomic E-state index is 12.0. The molecule has 0 atom stereocenters. The Labute approximate surface area is 160 Å². The molecule has 0 aromatic heterocycles. The van der Waals surface area contributed by atoms with Crippen molar-refractivity contribution in [3.63, 3.8) is 0 Å². The largest absolute Gasteiger partial charge is 0.383 e. The molecule has 1 rings (SSSR count). The maximum Gasteiger partial charge on any atom is 0.240 e. The van der Waals surface area contributed by atoms with Crippen molar-refractivity contribution in [2.24, 2.45) is 10.7 Å². The smallest absolute Gasteiger partial charge is 0.240 e. The van der Waals surface area contributed by atoms with Crippen LogP contribution in [0.15, 0.2) is 46.3 Å². The van der Waals surface area contributed by atoms with E-state index in [1.165, 1.54) is 19.2 Å². The van der Waals surface area contributed by atoms with Crippen LogP contribution in [0.3, 0.4) is 0 Å². The number of rotatable bonds is 9. The Balaban J connectivity index is 0.00000529. The van der Waals surface area contributed by atoms with Gasteiger partial charge in [0.25, 0.3) is 0 Å². The van der Waals surface area contributed by atoms with E-state index in [4.69, 9.17) is 10.5 Å². The molecule has 0 radical (unpaired) electrons. The molecule has 0 spiro atoms. The van der Waals surface area contributed by atoms with Crippen LogP contribution in [0.2, 0.25) is 0 Å². The highest BCUT2D eigenvalue weighted by Gasteiger charge is 2.12. The Morgan fingerprint density at radius 1 is 1.33 bits per heavy atom. The van der Waals surface area contributed by atoms with E-state index in [2.05, 4.69) is 21.6 Å². The highest BCUT2D eigenvalue weighted by Crippen LogP contribution is 2.11. The van der Waals surface area contributed by atoms with E-state index in [0.717, 1.165) is 11.1 Å². The molecular weight excluding hydrogens is 443 g/mol. The molecule has 0 bridgehead atoms. The number of nitrogens with two attached hydrogens (primary N) is 1. The first-order chi connectivity index (χ1) is 10.8. The molecule has 0 saturated heterocycles. The highest BCUT2D eigenvalue weighted by molar-refractivity contribution is 14.0. The second-order valence-electron chi connectivity index (χ2n) is 5.05. The van der Waals surface area contributed by atoms with Crippen molar-refractivity contribution in [2.45, 2.75) is 18.4 Å². The number of guanidine groups is 1. The summed E-state index contributed by atoms with van der Waals surface area (Å²) in [4.78, 5) is 4.38. The molecule has 0 saturated carbocycles. The zero-order valence-electron chi connectivity index (χ0n) is 13.9. The van der Waals surface area contributed by atoms with E-state index in [-0.39, 0.29) is 35.4 Å². The van der Waals surface area contributed by atoms with E-state index in [1.54, 1.807) is 12.1 Å². The topological polar surface area (TPSA) is 106 Å². The van der Waals surface area contributed by atoms with Crippen molar-refractivity contribution in [2.75, 3.05) is 26.8 Å². The number of hydrogen-bond donors (Lipinski definition) is 3. The Kier molecular flexibility index (Phi) is 10.8. The summed E-state index contributed by atoms with van der Waals surface area (Å²) in [5.74, 6) is 0.325. The van der Waals surface area contributed by atoms with Gasteiger partial charge in [0.15, 0.2) is 5.96 Å². The van der Waals surface area contributed by atoms with Crippen molar-refractivity contribution >= 4 is 40.0 Å². The van der Waals surface area contributed by atoms with Gasteiger partial charge in [0.05, 0.1) is 18.0 Å². The summed E-state index contributed by atoms with van der Waals surface area (Å²) in [6.07, 6.45) is 0. The van der Waals surface area contributed by atoms with Crippen LogP contribution in [0.5, 0.6) is 0 Å². The predicted octanol–water partition coefficient (Wildman–Crippen LogP) is 1.21. The molecule has 4 N–H and O–H groups in total. The number of aliphatic imine (C=N–C) groups is 1. The number of benzene rings is 1. The monoisotopic (exact) mass is 468 g/mol. The number of methoxy groups -OCH3 is 1. The molecule has 136 valence electrons. The van der Waals surface area contributed by atoms with Crippen LogP contribution in [-0.2, 0) is 21.3 Å². The van der Waals surface area contributed by atoms with Gasteiger partial charge in [0, 0.05) is 20.2 Å². The van der Waals surface area contributed by atoms with Crippen LogP contribution in [0, 0.1) is 0 Å². The molecule has 0 aliphatic heterocycles. The molecule has 0 amide bonds. The van der Waals surface area contributed by atoms with Gasteiger partial charge < -0.3 is 15.8 Å². The Hall–Kier alpha value is -1.17. The third-order valence-corrected chi connectivity index (χ3v) is 4.31. The summed E-state index contributed by atoms with van der Waals surface area (Å²) in [5.41, 5.74) is 7.54. The van der Waals surface area contributed by atoms with Gasteiger partial charge in [-0.3, -0.25) is 0 Å². The molecular formula is C15H25IN4O3S. The lowest BCUT2D eigenvalue weighted by atomic mass is 10.2. The first-order valence-electron chi connectivity index (χ1n) is 7.11. The van der Waals surface area contributed by atoms with Crippen molar-refractivity contribution in [3.05, 3.63) is 42.0 Å². The highest BCUT2D eigenvalue weighted by atomic mass is 127. The summed E-state index contributed by atoms with van der Waals surface area (Å²) in [6.45, 7) is 7.14. The van der Waals surface area contributed by atoms with Crippen LogP contribution in [0.4, 0.5) is 0 Å². The van der Waals surface area contributed by atoms with E-state index < -0.39 is 10.0 Å². The molecule has 0 aliphatic rings. The van der Waals surface area contributed by atoms with E-state index in [0.29, 0.717) is 25.7 Å². The fourth-order valence-electron chi connectivity index (χ4n) is 1.61. The number of hydrogen-bond acceptors (Lipinski definition) is 4. The second-order valence-corrected chi connectivity index (χ2v) is 6.81. The van der Waals surface area contributed by atoms with Gasteiger partial charge in [0.2, 0.25) is 10.0 Å². The minimum absolute atomic E-state index is 0. The van der Waals surface area contributed by atoms with E-state index >= 15 is 0 Å². The van der Waals surface area contributed by atoms with Gasteiger partial charge in [-0.2, -0.15) is 0 Å². The number of nitrogens with zero attached hydrogens (tertiary/aromatic N) is 1. The summed E-state index contributed by atoms with van der Waals surface area (Å²) < 4.78 is 31.3. The van der Waals surface area contributed by atoms with E-state index in [9.17, 15) is 8.42 Å². The SMILES string of the molecule is C=C(C)CNC(N)=NCc1ccc(S(=O)(=O)NCCOC)cc1.I. The van der Waals surface area contributed by atoms with Crippen LogP contribution in [0.1, 0.15) is 12.5 Å². The fraction of sp³-hybridized carbons (Fsp3) is 0.400. The van der Waals surface area contributed by atoms with E-state index in [1.807, 2.05) is 6.92 Å². The third-order valence-electron chi connectivity index (χ3n) is 2.84. The fourth-order valence-corrected chi connectivity index (χ4v) is 2.62. The van der Waals surface area contributed by atoms with Crippen molar-refractivity contribution in [1.82, 2.24) is 10.0 Å². The lowest BCUT2D eigenvalue weighted by Gasteiger charge is -2.07. The molecule has 1 aromatic carbocycles. The van der Waals surface area contributed by atoms with Crippen molar-refractivity contribution in [1.29, 1.82) is 0 Å². The third kappa shape index (κ3) is 8.62. The summed E-state index contributed by atoms with van der Waals surface area (Å²) in [6, 6.07) is 6.50. The van der Waals surface area contributed by atoms with Gasteiger partial charge >= 0.3 is 0 Å². The van der Waals surface area contributed by atoms with Crippen LogP contribution < -0.4 is 15.8 Å². The lowest BCUT2D eigenvalue weighted by Crippen LogP contribution is -2.32. The van der Waals surface area contributed by atoms with Gasteiger partial charge in [-0.1, -0.05) is 24.3 Å². The molecule has 1 aromatic rings. The van der Waals surface area contributed by atoms with Crippen LogP contribution >= 0.6 is 24.0 Å². The average Bonchev–Trinajstić information content (AvgIpc) is 2.51. The number of sulfonamides is 1. The van der Waals surface area contributed by atoms with Crippen molar-refractivity contribution < 1.29 is 13.2 Å². The zero-order chi connectivity index (χ0) is 17.3. The predicted molar refractivity (Wildman–Crippen MR) is 107 cm³/mol. The molecule has 0 unspecified atom stereocenters. The summed E-state index contributed by atoms with van der Waals surface area (Å²) in [7, 11) is -2.00. The Morgan fingerprint density at radius 2 is 1.96 bits per heavy atom. The first-order valence-corrected chi connectivity index (χ1v) is 8.59. The first kappa shape index (κ1) is 22.8. The molecule has 0 fully saturated rings. The Bertz CT molecular complexity index is 645. The normalized spacial score (nSPS) is 11.7. The van der Waals surface area contributed by atoms with Crippen LogP contribution in [-0.4, -0.2) is 41.2 Å². The summed E-state index contributed by atoms with van der Waals surface area (Å²) >= 11 is 0. The molecule has 0 aliphatic carbocycles. The Morgan fingerprint density at radius 3 is 2.50 bits per heavy atom. The van der Waals surface area contributed by atoms with Gasteiger partial charge in [-0.15, -0.1) is 24.0 Å². The van der Waals surface area contributed by atoms with Gasteiger partial charge in [0.1, 0.15) is 0 Å². The quantitative estimate of drug-likeness (QED) is 0.166. The second kappa shape index (κ2) is 11.4. The zero-order valence-corrected chi connectivity index (χ0v) is 17.1. The summed E-state index contributed by atoms with van der Waals surface area (Å²) in [5, 5.41) is 2.93. The van der Waals surface area contributed by atoms with Gasteiger partial charge in [-0.25, -0.2) is 18.1 Å². The number of nitrogens with one attached hydrogen (secondary N) is 2. The molecule has 9 heteroatoms. The molecule has 7 nitrogen and oxygen atoms in total. The number of ether oxygens (including phenoxy) is 1. The number of halogens is 1. The minimum atomic E-state index is -3.51.